The Morgan fingerprint density at radius 3 is 2.88 bits per heavy atom. The summed E-state index contributed by atoms with van der Waals surface area (Å²) < 4.78 is 19.1. The number of hydrogen-bond donors (Lipinski definition) is 0. The number of nitrogens with zero attached hydrogens (tertiary/aromatic N) is 4. The highest BCUT2D eigenvalue weighted by Crippen LogP contribution is 2.36. The Morgan fingerprint density at radius 1 is 1.29 bits per heavy atom. The molecule has 4 rings (SSSR count). The van der Waals surface area contributed by atoms with Crippen molar-refractivity contribution in [2.24, 2.45) is 0 Å². The van der Waals surface area contributed by atoms with Gasteiger partial charge in [0.1, 0.15) is 12.1 Å². The Kier molecular flexibility index (Phi) is 3.72. The van der Waals surface area contributed by atoms with Gasteiger partial charge in [-0.25, -0.2) is 14.4 Å². The molecular formula is C18H17FN4O. The van der Waals surface area contributed by atoms with Gasteiger partial charge >= 0.3 is 0 Å². The Hall–Kier alpha value is -2.76. The van der Waals surface area contributed by atoms with E-state index in [1.54, 1.807) is 12.3 Å². The van der Waals surface area contributed by atoms with E-state index in [-0.39, 0.29) is 5.75 Å². The van der Waals surface area contributed by atoms with Gasteiger partial charge in [0.15, 0.2) is 11.6 Å². The first-order valence-electron chi connectivity index (χ1n) is 7.90. The quantitative estimate of drug-likeness (QED) is 0.720. The molecule has 0 atom stereocenters. The van der Waals surface area contributed by atoms with E-state index in [1.165, 1.54) is 19.5 Å². The van der Waals surface area contributed by atoms with E-state index in [4.69, 9.17) is 4.74 Å². The van der Waals surface area contributed by atoms with Crippen LogP contribution in [0.15, 0.2) is 43.0 Å². The van der Waals surface area contributed by atoms with Crippen LogP contribution < -0.4 is 9.64 Å². The summed E-state index contributed by atoms with van der Waals surface area (Å²) in [5.41, 5.74) is 1.69. The molecule has 3 aromatic rings. The molecule has 1 saturated carbocycles. The van der Waals surface area contributed by atoms with E-state index in [0.717, 1.165) is 29.6 Å². The fraction of sp³-hybridized carbons (Fsp3) is 0.278. The average molecular weight is 324 g/mol. The molecule has 6 heteroatoms. The third-order valence-electron chi connectivity index (χ3n) is 4.22. The molecule has 0 N–H and O–H groups in total. The molecule has 5 nitrogen and oxygen atoms in total. The van der Waals surface area contributed by atoms with Gasteiger partial charge in [0.05, 0.1) is 12.6 Å². The lowest BCUT2D eigenvalue weighted by Gasteiger charge is -2.24. The van der Waals surface area contributed by atoms with Gasteiger partial charge < -0.3 is 9.64 Å². The fourth-order valence-electron chi connectivity index (χ4n) is 2.88. The Labute approximate surface area is 139 Å². The van der Waals surface area contributed by atoms with Crippen molar-refractivity contribution in [3.63, 3.8) is 0 Å². The first-order valence-corrected chi connectivity index (χ1v) is 7.90. The van der Waals surface area contributed by atoms with E-state index < -0.39 is 5.82 Å². The highest BCUT2D eigenvalue weighted by molar-refractivity contribution is 5.90. The number of rotatable bonds is 5. The maximum atomic E-state index is 14.0. The second-order valence-electron chi connectivity index (χ2n) is 5.92. The Morgan fingerprint density at radius 2 is 2.17 bits per heavy atom. The lowest BCUT2D eigenvalue weighted by atomic mass is 10.2. The smallest absolute Gasteiger partial charge is 0.167 e. The summed E-state index contributed by atoms with van der Waals surface area (Å²) in [4.78, 5) is 15.1. The highest BCUT2D eigenvalue weighted by Gasteiger charge is 2.31. The predicted molar refractivity (Wildman–Crippen MR) is 89.5 cm³/mol. The summed E-state index contributed by atoms with van der Waals surface area (Å²) >= 11 is 0. The number of ether oxygens (including phenoxy) is 1. The minimum Gasteiger partial charge on any atom is -0.494 e. The molecule has 0 saturated heterocycles. The molecule has 0 aliphatic heterocycles. The molecule has 1 aliphatic rings. The van der Waals surface area contributed by atoms with Crippen LogP contribution in [-0.4, -0.2) is 28.1 Å². The number of methoxy groups -OCH3 is 1. The molecule has 1 fully saturated rings. The molecule has 0 unspecified atom stereocenters. The van der Waals surface area contributed by atoms with Crippen LogP contribution >= 0.6 is 0 Å². The van der Waals surface area contributed by atoms with Gasteiger partial charge in [-0.2, -0.15) is 0 Å². The van der Waals surface area contributed by atoms with Crippen LogP contribution in [0.2, 0.25) is 0 Å². The second-order valence-corrected chi connectivity index (χ2v) is 5.92. The van der Waals surface area contributed by atoms with Crippen LogP contribution in [0.4, 0.5) is 10.2 Å². The topological polar surface area (TPSA) is 51.1 Å². The average Bonchev–Trinajstić information content (AvgIpc) is 3.44. The first kappa shape index (κ1) is 14.8. The molecule has 1 aromatic carbocycles. The normalized spacial score (nSPS) is 13.9. The number of anilines is 1. The number of halogens is 1. The molecular weight excluding hydrogens is 307 g/mol. The van der Waals surface area contributed by atoms with Gasteiger partial charge in [-0.3, -0.25) is 4.98 Å². The van der Waals surface area contributed by atoms with Crippen LogP contribution in [0, 0.1) is 5.82 Å². The summed E-state index contributed by atoms with van der Waals surface area (Å²) in [5, 5.41) is 0.798. The highest BCUT2D eigenvalue weighted by atomic mass is 19.1. The number of aromatic nitrogens is 3. The number of hydrogen-bond acceptors (Lipinski definition) is 5. The van der Waals surface area contributed by atoms with Crippen LogP contribution in [-0.2, 0) is 6.54 Å². The third-order valence-corrected chi connectivity index (χ3v) is 4.22. The zero-order chi connectivity index (χ0) is 16.5. The molecule has 24 heavy (non-hydrogen) atoms. The van der Waals surface area contributed by atoms with Gasteiger partial charge in [0, 0.05) is 36.4 Å². The van der Waals surface area contributed by atoms with Crippen molar-refractivity contribution in [2.45, 2.75) is 25.4 Å². The van der Waals surface area contributed by atoms with Crippen LogP contribution in [0.5, 0.6) is 5.75 Å². The lowest BCUT2D eigenvalue weighted by molar-refractivity contribution is 0.387. The Balaban J connectivity index is 1.80. The monoisotopic (exact) mass is 324 g/mol. The van der Waals surface area contributed by atoms with Crippen molar-refractivity contribution in [3.8, 4) is 5.75 Å². The Bertz CT molecular complexity index is 868. The van der Waals surface area contributed by atoms with Crippen molar-refractivity contribution in [3.05, 3.63) is 54.4 Å². The number of fused-ring (bicyclic) bond motifs is 1. The minimum absolute atomic E-state index is 0.204. The zero-order valence-electron chi connectivity index (χ0n) is 13.3. The first-order chi connectivity index (χ1) is 11.8. The SMILES string of the molecule is COc1cc2c(N(Cc3cccnc3)C3CC3)ncnc2cc1F. The maximum Gasteiger partial charge on any atom is 0.167 e. The molecule has 0 spiro atoms. The van der Waals surface area contributed by atoms with Crippen molar-refractivity contribution in [2.75, 3.05) is 12.0 Å². The third kappa shape index (κ3) is 2.75. The standard InChI is InChI=1S/C18H17FN4O/c1-24-17-7-14-16(8-15(17)19)21-11-22-18(14)23(13-4-5-13)10-12-3-2-6-20-9-12/h2-3,6-9,11,13H,4-5,10H2,1H3. The van der Waals surface area contributed by atoms with E-state index in [9.17, 15) is 4.39 Å². The van der Waals surface area contributed by atoms with Gasteiger partial charge in [-0.05, 0) is 30.5 Å². The molecule has 0 bridgehead atoms. The molecule has 122 valence electrons. The number of pyridine rings is 1. The van der Waals surface area contributed by atoms with Gasteiger partial charge in [-0.1, -0.05) is 6.07 Å². The molecule has 1 aliphatic carbocycles. The molecule has 2 aromatic heterocycles. The van der Waals surface area contributed by atoms with Crippen LogP contribution in [0.3, 0.4) is 0 Å². The van der Waals surface area contributed by atoms with Crippen LogP contribution in [0.25, 0.3) is 10.9 Å². The molecule has 0 amide bonds. The summed E-state index contributed by atoms with van der Waals surface area (Å²) in [7, 11) is 1.46. The van der Waals surface area contributed by atoms with Gasteiger partial charge in [-0.15, -0.1) is 0 Å². The largest absolute Gasteiger partial charge is 0.494 e. The summed E-state index contributed by atoms with van der Waals surface area (Å²) in [6.45, 7) is 0.713. The minimum atomic E-state index is -0.417. The molecule has 0 radical (unpaired) electrons. The number of benzene rings is 1. The summed E-state index contributed by atoms with van der Waals surface area (Å²) in [5.74, 6) is 0.597. The van der Waals surface area contributed by atoms with Gasteiger partial charge in [0.25, 0.3) is 0 Å². The van der Waals surface area contributed by atoms with E-state index >= 15 is 0 Å². The van der Waals surface area contributed by atoms with Crippen molar-refractivity contribution >= 4 is 16.7 Å². The zero-order valence-corrected chi connectivity index (χ0v) is 13.3. The van der Waals surface area contributed by atoms with Crippen LogP contribution in [0.1, 0.15) is 18.4 Å². The second kappa shape index (κ2) is 6.03. The summed E-state index contributed by atoms with van der Waals surface area (Å²) in [6, 6.07) is 7.50. The van der Waals surface area contributed by atoms with Crippen molar-refractivity contribution in [1.29, 1.82) is 0 Å². The van der Waals surface area contributed by atoms with E-state index in [2.05, 4.69) is 19.9 Å². The maximum absolute atomic E-state index is 14.0. The van der Waals surface area contributed by atoms with E-state index in [1.807, 2.05) is 18.3 Å². The van der Waals surface area contributed by atoms with Crippen molar-refractivity contribution < 1.29 is 9.13 Å². The van der Waals surface area contributed by atoms with Crippen molar-refractivity contribution in [1.82, 2.24) is 15.0 Å². The molecule has 2 heterocycles. The summed E-state index contributed by atoms with van der Waals surface area (Å²) in [6.07, 6.45) is 7.37. The lowest BCUT2D eigenvalue weighted by Crippen LogP contribution is -2.26. The predicted octanol–water partition coefficient (Wildman–Crippen LogP) is 3.34. The van der Waals surface area contributed by atoms with E-state index in [0.29, 0.717) is 18.1 Å². The fourth-order valence-corrected chi connectivity index (χ4v) is 2.88. The van der Waals surface area contributed by atoms with Gasteiger partial charge in [0.2, 0.25) is 0 Å².